The van der Waals surface area contributed by atoms with Gasteiger partial charge < -0.3 is 10.1 Å². The third-order valence-corrected chi connectivity index (χ3v) is 4.61. The van der Waals surface area contributed by atoms with Gasteiger partial charge in [0, 0.05) is 6.54 Å². The van der Waals surface area contributed by atoms with Crippen molar-refractivity contribution >= 4 is 0 Å². The first-order chi connectivity index (χ1) is 12.3. The highest BCUT2D eigenvalue weighted by molar-refractivity contribution is 5.33. The van der Waals surface area contributed by atoms with Crippen molar-refractivity contribution in [1.29, 1.82) is 0 Å². The minimum Gasteiger partial charge on any atom is -0.378 e. The maximum absolute atomic E-state index is 5.68. The monoisotopic (exact) mass is 335 g/mol. The predicted octanol–water partition coefficient (Wildman–Crippen LogP) is 2.15. The van der Waals surface area contributed by atoms with Crippen molar-refractivity contribution in [2.75, 3.05) is 19.8 Å². The van der Waals surface area contributed by atoms with Crippen LogP contribution in [-0.4, -0.2) is 40.0 Å². The van der Waals surface area contributed by atoms with Crippen molar-refractivity contribution < 1.29 is 4.74 Å². The van der Waals surface area contributed by atoms with Gasteiger partial charge in [-0.25, -0.2) is 4.68 Å². The van der Waals surface area contributed by atoms with Gasteiger partial charge >= 0.3 is 0 Å². The molecule has 4 rings (SSSR count). The van der Waals surface area contributed by atoms with Gasteiger partial charge in [-0.2, -0.15) is 0 Å². The highest BCUT2D eigenvalue weighted by Crippen LogP contribution is 2.30. The second kappa shape index (κ2) is 6.74. The zero-order valence-corrected chi connectivity index (χ0v) is 14.2. The smallest absolute Gasteiger partial charge is 0.174 e. The van der Waals surface area contributed by atoms with Crippen molar-refractivity contribution in [1.82, 2.24) is 25.5 Å². The topological polar surface area (TPSA) is 64.9 Å². The summed E-state index contributed by atoms with van der Waals surface area (Å²) in [7, 11) is 0. The standard InChI is InChI=1S/C19H21N5O/c1-19(14-25-13-12-20-19)18-21-22-23-24(18)17(15-8-4-2-5-9-15)16-10-6-3-7-11-16/h2-11,17,20H,12-14H2,1H3. The number of morpholine rings is 1. The summed E-state index contributed by atoms with van der Waals surface area (Å²) in [5.41, 5.74) is 1.87. The lowest BCUT2D eigenvalue weighted by molar-refractivity contribution is 0.0276. The number of aromatic nitrogens is 4. The van der Waals surface area contributed by atoms with E-state index in [-0.39, 0.29) is 6.04 Å². The van der Waals surface area contributed by atoms with Gasteiger partial charge in [0.2, 0.25) is 0 Å². The molecule has 3 aromatic rings. The van der Waals surface area contributed by atoms with Gasteiger partial charge in [-0.05, 0) is 28.5 Å². The van der Waals surface area contributed by atoms with Gasteiger partial charge in [0.15, 0.2) is 5.82 Å². The van der Waals surface area contributed by atoms with Gasteiger partial charge in [-0.3, -0.25) is 0 Å². The number of tetrazole rings is 1. The molecule has 1 atom stereocenters. The molecule has 0 saturated carbocycles. The van der Waals surface area contributed by atoms with Crippen molar-refractivity contribution in [3.8, 4) is 0 Å². The fourth-order valence-corrected chi connectivity index (χ4v) is 3.35. The highest BCUT2D eigenvalue weighted by Gasteiger charge is 2.37. The maximum atomic E-state index is 5.68. The van der Waals surface area contributed by atoms with Gasteiger partial charge in [0.1, 0.15) is 11.6 Å². The molecule has 1 unspecified atom stereocenters. The Bertz CT molecular complexity index is 773. The normalized spacial score (nSPS) is 20.7. The van der Waals surface area contributed by atoms with E-state index in [1.165, 1.54) is 0 Å². The number of nitrogens with one attached hydrogen (secondary N) is 1. The lowest BCUT2D eigenvalue weighted by Gasteiger charge is -2.34. The fraction of sp³-hybridized carbons (Fsp3) is 0.316. The van der Waals surface area contributed by atoms with E-state index in [0.29, 0.717) is 13.2 Å². The van der Waals surface area contributed by atoms with E-state index in [2.05, 4.69) is 52.0 Å². The average Bonchev–Trinajstić information content (AvgIpc) is 3.15. The first-order valence-corrected chi connectivity index (χ1v) is 8.49. The first-order valence-electron chi connectivity index (χ1n) is 8.49. The molecule has 0 radical (unpaired) electrons. The van der Waals surface area contributed by atoms with Gasteiger partial charge in [-0.1, -0.05) is 60.7 Å². The van der Waals surface area contributed by atoms with Crippen molar-refractivity contribution in [2.45, 2.75) is 18.5 Å². The van der Waals surface area contributed by atoms with Crippen LogP contribution in [0.2, 0.25) is 0 Å². The average molecular weight is 335 g/mol. The molecule has 25 heavy (non-hydrogen) atoms. The molecule has 2 aromatic carbocycles. The van der Waals surface area contributed by atoms with E-state index in [4.69, 9.17) is 4.74 Å². The molecule has 1 saturated heterocycles. The van der Waals surface area contributed by atoms with Gasteiger partial charge in [-0.15, -0.1) is 5.10 Å². The van der Waals surface area contributed by atoms with Crippen molar-refractivity contribution in [3.05, 3.63) is 77.6 Å². The molecular formula is C19H21N5O. The van der Waals surface area contributed by atoms with Crippen LogP contribution in [0.25, 0.3) is 0 Å². The molecular weight excluding hydrogens is 314 g/mol. The fourth-order valence-electron chi connectivity index (χ4n) is 3.35. The molecule has 1 aliphatic rings. The Hall–Kier alpha value is -2.57. The molecule has 0 aliphatic carbocycles. The molecule has 6 heteroatoms. The van der Waals surface area contributed by atoms with Crippen LogP contribution in [0.5, 0.6) is 0 Å². The predicted molar refractivity (Wildman–Crippen MR) is 94.1 cm³/mol. The zero-order valence-electron chi connectivity index (χ0n) is 14.2. The van der Waals surface area contributed by atoms with Gasteiger partial charge in [0.25, 0.3) is 0 Å². The largest absolute Gasteiger partial charge is 0.378 e. The van der Waals surface area contributed by atoms with E-state index >= 15 is 0 Å². The van der Waals surface area contributed by atoms with E-state index in [1.807, 2.05) is 41.1 Å². The summed E-state index contributed by atoms with van der Waals surface area (Å²) in [6.45, 7) is 4.12. The molecule has 0 spiro atoms. The molecule has 1 aliphatic heterocycles. The van der Waals surface area contributed by atoms with Crippen molar-refractivity contribution in [2.24, 2.45) is 0 Å². The van der Waals surface area contributed by atoms with E-state index in [9.17, 15) is 0 Å². The summed E-state index contributed by atoms with van der Waals surface area (Å²) in [6, 6.07) is 20.5. The van der Waals surface area contributed by atoms with Crippen LogP contribution in [0.15, 0.2) is 60.7 Å². The Morgan fingerprint density at radius 1 is 1.04 bits per heavy atom. The van der Waals surface area contributed by atoms with Crippen LogP contribution in [-0.2, 0) is 10.3 Å². The molecule has 1 aromatic heterocycles. The van der Waals surface area contributed by atoms with Crippen LogP contribution in [0.1, 0.15) is 29.9 Å². The summed E-state index contributed by atoms with van der Waals surface area (Å²) in [5.74, 6) is 0.782. The Balaban J connectivity index is 1.83. The minimum absolute atomic E-state index is 0.0899. The Morgan fingerprint density at radius 3 is 2.24 bits per heavy atom. The highest BCUT2D eigenvalue weighted by atomic mass is 16.5. The molecule has 2 heterocycles. The molecule has 1 N–H and O–H groups in total. The van der Waals surface area contributed by atoms with Gasteiger partial charge in [0.05, 0.1) is 13.2 Å². The molecule has 1 fully saturated rings. The van der Waals surface area contributed by atoms with E-state index < -0.39 is 5.54 Å². The van der Waals surface area contributed by atoms with E-state index in [1.54, 1.807) is 0 Å². The van der Waals surface area contributed by atoms with E-state index in [0.717, 1.165) is 23.5 Å². The number of hydrogen-bond acceptors (Lipinski definition) is 5. The summed E-state index contributed by atoms with van der Waals surface area (Å²) in [5, 5.41) is 16.2. The van der Waals surface area contributed by atoms with Crippen LogP contribution >= 0.6 is 0 Å². The van der Waals surface area contributed by atoms with Crippen molar-refractivity contribution in [3.63, 3.8) is 0 Å². The maximum Gasteiger partial charge on any atom is 0.174 e. The molecule has 6 nitrogen and oxygen atoms in total. The first kappa shape index (κ1) is 15.9. The number of nitrogens with zero attached hydrogens (tertiary/aromatic N) is 4. The SMILES string of the molecule is CC1(c2nnnn2C(c2ccccc2)c2ccccc2)COCCN1. The molecule has 0 bridgehead atoms. The summed E-state index contributed by atoms with van der Waals surface area (Å²) in [4.78, 5) is 0. The van der Waals surface area contributed by atoms with Crippen LogP contribution < -0.4 is 5.32 Å². The quantitative estimate of drug-likeness (QED) is 0.791. The Labute approximate surface area is 146 Å². The van der Waals surface area contributed by atoms with Crippen LogP contribution in [0.3, 0.4) is 0 Å². The Kier molecular flexibility index (Phi) is 4.29. The zero-order chi connectivity index (χ0) is 17.1. The number of ether oxygens (including phenoxy) is 1. The Morgan fingerprint density at radius 2 is 1.68 bits per heavy atom. The lowest BCUT2D eigenvalue weighted by Crippen LogP contribution is -2.51. The second-order valence-electron chi connectivity index (χ2n) is 6.48. The summed E-state index contributed by atoms with van der Waals surface area (Å²) in [6.07, 6.45) is 0. The summed E-state index contributed by atoms with van der Waals surface area (Å²) < 4.78 is 7.59. The molecule has 128 valence electrons. The summed E-state index contributed by atoms with van der Waals surface area (Å²) >= 11 is 0. The lowest BCUT2D eigenvalue weighted by atomic mass is 9.96. The minimum atomic E-state index is -0.413. The van der Waals surface area contributed by atoms with Crippen LogP contribution in [0.4, 0.5) is 0 Å². The third-order valence-electron chi connectivity index (χ3n) is 4.61. The third kappa shape index (κ3) is 3.06. The number of rotatable bonds is 4. The molecule has 0 amide bonds. The number of hydrogen-bond donors (Lipinski definition) is 1. The van der Waals surface area contributed by atoms with Crippen LogP contribution in [0, 0.1) is 0 Å². The number of benzene rings is 2. The second-order valence-corrected chi connectivity index (χ2v) is 6.48.